The second-order valence-electron chi connectivity index (χ2n) is 7.45. The standard InChI is InChI=1S/C23H20BrN5S2/c1-14-13-18(15(2)28(14)23-26-11-12-31-23)21-20(19-5-3-4-10-25-19)27-22(30)29(21)17-8-6-16(24)7-9-17/h3-13,20-21H,1-2H3,(H,27,30)/t20-,21-/m1/s1. The molecule has 31 heavy (non-hydrogen) atoms. The van der Waals surface area contributed by atoms with Crippen LogP contribution in [0, 0.1) is 13.8 Å². The van der Waals surface area contributed by atoms with Gasteiger partial charge in [-0.15, -0.1) is 11.3 Å². The van der Waals surface area contributed by atoms with E-state index in [2.05, 4.69) is 78.8 Å². The van der Waals surface area contributed by atoms with Gasteiger partial charge in [0.1, 0.15) is 0 Å². The van der Waals surface area contributed by atoms with Gasteiger partial charge < -0.3 is 10.2 Å². The van der Waals surface area contributed by atoms with Crippen LogP contribution in [0.25, 0.3) is 5.13 Å². The summed E-state index contributed by atoms with van der Waals surface area (Å²) in [5.41, 5.74) is 5.53. The molecule has 0 radical (unpaired) electrons. The predicted octanol–water partition coefficient (Wildman–Crippen LogP) is 5.89. The van der Waals surface area contributed by atoms with Gasteiger partial charge >= 0.3 is 0 Å². The normalized spacial score (nSPS) is 18.4. The minimum atomic E-state index is -0.0670. The van der Waals surface area contributed by atoms with Crippen LogP contribution in [0.2, 0.25) is 0 Å². The van der Waals surface area contributed by atoms with Gasteiger partial charge in [-0.3, -0.25) is 9.55 Å². The van der Waals surface area contributed by atoms with Gasteiger partial charge in [0.15, 0.2) is 10.2 Å². The maximum atomic E-state index is 5.83. The first kappa shape index (κ1) is 20.4. The fourth-order valence-corrected chi connectivity index (χ4v) is 5.62. The Balaban J connectivity index is 1.68. The Bertz CT molecular complexity index is 1220. The molecule has 2 atom stereocenters. The molecule has 0 amide bonds. The molecule has 0 aliphatic carbocycles. The Kier molecular flexibility index (Phi) is 5.37. The number of nitrogens with zero attached hydrogens (tertiary/aromatic N) is 4. The summed E-state index contributed by atoms with van der Waals surface area (Å²) < 4.78 is 3.26. The summed E-state index contributed by atoms with van der Waals surface area (Å²) in [4.78, 5) is 11.4. The van der Waals surface area contributed by atoms with E-state index in [1.807, 2.05) is 42.0 Å². The van der Waals surface area contributed by atoms with Gasteiger partial charge in [0.2, 0.25) is 0 Å². The van der Waals surface area contributed by atoms with E-state index in [0.717, 1.165) is 32.4 Å². The van der Waals surface area contributed by atoms with Crippen molar-refractivity contribution < 1.29 is 0 Å². The lowest BCUT2D eigenvalue weighted by Crippen LogP contribution is -2.29. The van der Waals surface area contributed by atoms with Crippen LogP contribution in [0.3, 0.4) is 0 Å². The molecular formula is C23H20BrN5S2. The number of thiocarbonyl (C=S) groups is 1. The Hall–Kier alpha value is -2.55. The monoisotopic (exact) mass is 509 g/mol. The Morgan fingerprint density at radius 3 is 2.55 bits per heavy atom. The van der Waals surface area contributed by atoms with Crippen LogP contribution in [0.15, 0.2) is 70.8 Å². The number of pyridine rings is 1. The first-order chi connectivity index (χ1) is 15.0. The molecule has 1 aliphatic rings. The SMILES string of the molecule is Cc1cc([C@@H]2[C@@H](c3ccccn3)NC(=S)N2c2ccc(Br)cc2)c(C)n1-c1nccs1. The zero-order valence-electron chi connectivity index (χ0n) is 17.0. The molecule has 1 aliphatic heterocycles. The molecule has 0 saturated carbocycles. The van der Waals surface area contributed by atoms with Gasteiger partial charge in [-0.2, -0.15) is 0 Å². The lowest BCUT2D eigenvalue weighted by Gasteiger charge is -2.28. The highest BCUT2D eigenvalue weighted by molar-refractivity contribution is 9.10. The van der Waals surface area contributed by atoms with Crippen LogP contribution < -0.4 is 10.2 Å². The number of hydrogen-bond donors (Lipinski definition) is 1. The maximum absolute atomic E-state index is 5.83. The van der Waals surface area contributed by atoms with Crippen molar-refractivity contribution >= 4 is 50.3 Å². The van der Waals surface area contributed by atoms with Crippen molar-refractivity contribution in [1.29, 1.82) is 0 Å². The third kappa shape index (κ3) is 3.58. The zero-order valence-corrected chi connectivity index (χ0v) is 20.2. The molecule has 5 rings (SSSR count). The molecule has 0 bridgehead atoms. The van der Waals surface area contributed by atoms with Crippen LogP contribution in [-0.2, 0) is 0 Å². The molecule has 3 aromatic heterocycles. The molecule has 156 valence electrons. The van der Waals surface area contributed by atoms with Crippen molar-refractivity contribution in [2.45, 2.75) is 25.9 Å². The molecule has 5 nitrogen and oxygen atoms in total. The van der Waals surface area contributed by atoms with E-state index in [1.54, 1.807) is 11.3 Å². The van der Waals surface area contributed by atoms with Crippen LogP contribution >= 0.6 is 39.5 Å². The second-order valence-corrected chi connectivity index (χ2v) is 9.62. The van der Waals surface area contributed by atoms with Gasteiger partial charge in [0.25, 0.3) is 0 Å². The minimum absolute atomic E-state index is 0.0384. The number of halogens is 1. The molecule has 1 saturated heterocycles. The Morgan fingerprint density at radius 2 is 1.87 bits per heavy atom. The molecule has 4 aromatic rings. The largest absolute Gasteiger partial charge is 0.351 e. The van der Waals surface area contributed by atoms with Crippen molar-refractivity contribution in [2.24, 2.45) is 0 Å². The molecule has 1 fully saturated rings. The van der Waals surface area contributed by atoms with Gasteiger partial charge in [-0.1, -0.05) is 22.0 Å². The van der Waals surface area contributed by atoms with Gasteiger partial charge in [-0.05, 0) is 74.1 Å². The number of nitrogens with one attached hydrogen (secondary N) is 1. The molecule has 4 heterocycles. The molecule has 0 spiro atoms. The zero-order chi connectivity index (χ0) is 21.5. The molecule has 0 unspecified atom stereocenters. The highest BCUT2D eigenvalue weighted by Crippen LogP contribution is 2.43. The number of anilines is 1. The summed E-state index contributed by atoms with van der Waals surface area (Å²) in [5, 5.41) is 7.21. The Labute approximate surface area is 198 Å². The van der Waals surface area contributed by atoms with Crippen molar-refractivity contribution in [3.05, 3.63) is 93.4 Å². The number of aryl methyl sites for hydroxylation is 1. The summed E-state index contributed by atoms with van der Waals surface area (Å²) >= 11 is 11.0. The summed E-state index contributed by atoms with van der Waals surface area (Å²) in [7, 11) is 0. The second kappa shape index (κ2) is 8.18. The topological polar surface area (TPSA) is 46.0 Å². The summed E-state index contributed by atoms with van der Waals surface area (Å²) in [5.74, 6) is 0. The molecule has 8 heteroatoms. The van der Waals surface area contributed by atoms with E-state index in [4.69, 9.17) is 12.2 Å². The maximum Gasteiger partial charge on any atom is 0.193 e. The molecule has 1 aromatic carbocycles. The highest BCUT2D eigenvalue weighted by Gasteiger charge is 2.42. The lowest BCUT2D eigenvalue weighted by atomic mass is 9.96. The van der Waals surface area contributed by atoms with E-state index in [0.29, 0.717) is 5.11 Å². The first-order valence-electron chi connectivity index (χ1n) is 9.89. The Morgan fingerprint density at radius 1 is 1.06 bits per heavy atom. The minimum Gasteiger partial charge on any atom is -0.351 e. The van der Waals surface area contributed by atoms with Crippen LogP contribution in [-0.4, -0.2) is 19.6 Å². The molecule has 1 N–H and O–H groups in total. The van der Waals surface area contributed by atoms with Gasteiger partial charge in [-0.25, -0.2) is 4.98 Å². The first-order valence-corrected chi connectivity index (χ1v) is 12.0. The third-order valence-electron chi connectivity index (χ3n) is 5.60. The number of thiazole rings is 1. The van der Waals surface area contributed by atoms with Crippen LogP contribution in [0.1, 0.15) is 34.7 Å². The predicted molar refractivity (Wildman–Crippen MR) is 133 cm³/mol. The van der Waals surface area contributed by atoms with Gasteiger partial charge in [0.05, 0.1) is 17.8 Å². The van der Waals surface area contributed by atoms with Crippen molar-refractivity contribution in [3.63, 3.8) is 0 Å². The smallest absolute Gasteiger partial charge is 0.193 e. The van der Waals surface area contributed by atoms with Crippen molar-refractivity contribution in [1.82, 2.24) is 19.9 Å². The van der Waals surface area contributed by atoms with E-state index in [1.165, 1.54) is 5.56 Å². The number of rotatable bonds is 4. The lowest BCUT2D eigenvalue weighted by molar-refractivity contribution is 0.565. The summed E-state index contributed by atoms with van der Waals surface area (Å²) in [6.07, 6.45) is 3.67. The van der Waals surface area contributed by atoms with Gasteiger partial charge in [0, 0.05) is 39.3 Å². The van der Waals surface area contributed by atoms with E-state index < -0.39 is 0 Å². The third-order valence-corrected chi connectivity index (χ3v) is 7.20. The summed E-state index contributed by atoms with van der Waals surface area (Å²) in [6.45, 7) is 4.28. The van der Waals surface area contributed by atoms with E-state index in [-0.39, 0.29) is 12.1 Å². The quantitative estimate of drug-likeness (QED) is 0.347. The van der Waals surface area contributed by atoms with Crippen LogP contribution in [0.4, 0.5) is 5.69 Å². The molecular weight excluding hydrogens is 490 g/mol. The average Bonchev–Trinajstić information content (AvgIpc) is 3.47. The fraction of sp³-hybridized carbons (Fsp3) is 0.174. The van der Waals surface area contributed by atoms with E-state index >= 15 is 0 Å². The fourth-order valence-electron chi connectivity index (χ4n) is 4.26. The number of aromatic nitrogens is 3. The summed E-state index contributed by atoms with van der Waals surface area (Å²) in [6, 6.07) is 16.4. The number of hydrogen-bond acceptors (Lipinski definition) is 4. The van der Waals surface area contributed by atoms with Crippen molar-refractivity contribution in [2.75, 3.05) is 4.90 Å². The van der Waals surface area contributed by atoms with Crippen molar-refractivity contribution in [3.8, 4) is 5.13 Å². The average molecular weight is 510 g/mol. The van der Waals surface area contributed by atoms with Crippen LogP contribution in [0.5, 0.6) is 0 Å². The van der Waals surface area contributed by atoms with E-state index in [9.17, 15) is 0 Å². The highest BCUT2D eigenvalue weighted by atomic mass is 79.9. The number of benzene rings is 1.